The highest BCUT2D eigenvalue weighted by Crippen LogP contribution is 2.32. The van der Waals surface area contributed by atoms with E-state index >= 15 is 0 Å². The second-order valence-corrected chi connectivity index (χ2v) is 6.07. The van der Waals surface area contributed by atoms with Gasteiger partial charge in [0.05, 0.1) is 0 Å². The Hall–Kier alpha value is -1.81. The minimum absolute atomic E-state index is 0.947. The summed E-state index contributed by atoms with van der Waals surface area (Å²) in [5.41, 5.74) is 4.30. The van der Waals surface area contributed by atoms with Gasteiger partial charge in [-0.3, -0.25) is 0 Å². The van der Waals surface area contributed by atoms with E-state index in [1.54, 1.807) is 0 Å². The summed E-state index contributed by atoms with van der Waals surface area (Å²) in [5.74, 6) is 0. The van der Waals surface area contributed by atoms with E-state index in [0.717, 1.165) is 11.2 Å². The van der Waals surface area contributed by atoms with Gasteiger partial charge in [0.25, 0.3) is 0 Å². The molecule has 20 heavy (non-hydrogen) atoms. The summed E-state index contributed by atoms with van der Waals surface area (Å²) >= 11 is 2.34. The van der Waals surface area contributed by atoms with E-state index in [2.05, 4.69) is 71.1 Å². The zero-order valence-corrected chi connectivity index (χ0v) is 12.8. The largest absolute Gasteiger partial charge is 0.456 e. The van der Waals surface area contributed by atoms with E-state index < -0.39 is 0 Å². The quantitative estimate of drug-likeness (QED) is 0.383. The van der Waals surface area contributed by atoms with Gasteiger partial charge in [-0.05, 0) is 64.0 Å². The summed E-state index contributed by atoms with van der Waals surface area (Å²) in [7, 11) is 0. The highest BCUT2D eigenvalue weighted by atomic mass is 127. The van der Waals surface area contributed by atoms with Crippen LogP contribution in [0.15, 0.2) is 71.1 Å². The first-order valence-electron chi connectivity index (χ1n) is 6.48. The molecule has 0 saturated carbocycles. The van der Waals surface area contributed by atoms with E-state index in [0.29, 0.717) is 0 Å². The second-order valence-electron chi connectivity index (χ2n) is 4.82. The third-order valence-electron chi connectivity index (χ3n) is 3.54. The Morgan fingerprint density at radius 1 is 0.650 bits per heavy atom. The Labute approximate surface area is 130 Å². The van der Waals surface area contributed by atoms with Crippen LogP contribution >= 0.6 is 22.6 Å². The van der Waals surface area contributed by atoms with Crippen molar-refractivity contribution in [2.45, 2.75) is 0 Å². The smallest absolute Gasteiger partial charge is 0.136 e. The van der Waals surface area contributed by atoms with Crippen molar-refractivity contribution >= 4 is 44.5 Å². The topological polar surface area (TPSA) is 13.1 Å². The lowest BCUT2D eigenvalue weighted by molar-refractivity contribution is 0.669. The molecule has 4 rings (SSSR count). The normalized spacial score (nSPS) is 11.2. The van der Waals surface area contributed by atoms with E-state index in [9.17, 15) is 0 Å². The van der Waals surface area contributed by atoms with Gasteiger partial charge in [-0.25, -0.2) is 0 Å². The van der Waals surface area contributed by atoms with Crippen LogP contribution in [0.4, 0.5) is 0 Å². The molecule has 0 fully saturated rings. The standard InChI is InChI=1S/C18H11IO/c19-14-5-3-4-12(10-14)13-8-9-16-15-6-1-2-7-17(15)20-18(16)11-13/h1-11H. The first kappa shape index (κ1) is 12.0. The van der Waals surface area contributed by atoms with E-state index in [1.165, 1.54) is 25.5 Å². The van der Waals surface area contributed by atoms with Crippen molar-refractivity contribution in [3.8, 4) is 11.1 Å². The molecule has 0 unspecified atom stereocenters. The average molecular weight is 370 g/mol. The molecule has 1 aromatic heterocycles. The highest BCUT2D eigenvalue weighted by Gasteiger charge is 2.07. The SMILES string of the molecule is Ic1cccc(-c2ccc3c(c2)oc2ccccc23)c1. The van der Waals surface area contributed by atoms with E-state index in [1.807, 2.05) is 18.2 Å². The number of rotatable bonds is 1. The molecule has 4 aromatic rings. The Morgan fingerprint density at radius 2 is 1.45 bits per heavy atom. The van der Waals surface area contributed by atoms with Gasteiger partial charge in [-0.2, -0.15) is 0 Å². The maximum Gasteiger partial charge on any atom is 0.136 e. The highest BCUT2D eigenvalue weighted by molar-refractivity contribution is 14.1. The Kier molecular flexibility index (Phi) is 2.77. The number of furan rings is 1. The third kappa shape index (κ3) is 1.91. The zero-order valence-electron chi connectivity index (χ0n) is 10.6. The maximum absolute atomic E-state index is 5.94. The van der Waals surface area contributed by atoms with Gasteiger partial charge in [0.2, 0.25) is 0 Å². The summed E-state index contributed by atoms with van der Waals surface area (Å²) in [6.07, 6.45) is 0. The molecule has 0 bridgehead atoms. The number of benzene rings is 3. The van der Waals surface area contributed by atoms with Crippen LogP contribution in [-0.4, -0.2) is 0 Å². The van der Waals surface area contributed by atoms with E-state index in [-0.39, 0.29) is 0 Å². The fourth-order valence-corrected chi connectivity index (χ4v) is 3.12. The van der Waals surface area contributed by atoms with Crippen LogP contribution in [-0.2, 0) is 0 Å². The predicted octanol–water partition coefficient (Wildman–Crippen LogP) is 5.86. The number of halogens is 1. The number of para-hydroxylation sites is 1. The summed E-state index contributed by atoms with van der Waals surface area (Å²) in [4.78, 5) is 0. The maximum atomic E-state index is 5.94. The molecule has 0 atom stereocenters. The summed E-state index contributed by atoms with van der Waals surface area (Å²) in [5, 5.41) is 2.35. The molecule has 3 aromatic carbocycles. The molecule has 2 heteroatoms. The second kappa shape index (κ2) is 4.63. The number of fused-ring (bicyclic) bond motifs is 3. The molecule has 0 aliphatic heterocycles. The lowest BCUT2D eigenvalue weighted by Crippen LogP contribution is -1.78. The average Bonchev–Trinajstić information content (AvgIpc) is 2.85. The molecule has 1 nitrogen and oxygen atoms in total. The van der Waals surface area contributed by atoms with Gasteiger partial charge in [0.15, 0.2) is 0 Å². The molecule has 1 heterocycles. The zero-order chi connectivity index (χ0) is 13.5. The van der Waals surface area contributed by atoms with Crippen LogP contribution in [0.3, 0.4) is 0 Å². The van der Waals surface area contributed by atoms with Crippen molar-refractivity contribution in [2.24, 2.45) is 0 Å². The summed E-state index contributed by atoms with van der Waals surface area (Å²) in [6, 6.07) is 23.1. The van der Waals surface area contributed by atoms with Crippen LogP contribution in [0.5, 0.6) is 0 Å². The predicted molar refractivity (Wildman–Crippen MR) is 91.9 cm³/mol. The Balaban J connectivity index is 1.97. The van der Waals surface area contributed by atoms with Crippen molar-refractivity contribution in [1.29, 1.82) is 0 Å². The molecule has 0 radical (unpaired) electrons. The lowest BCUT2D eigenvalue weighted by Gasteiger charge is -2.02. The molecule has 0 amide bonds. The first-order chi connectivity index (χ1) is 9.81. The van der Waals surface area contributed by atoms with Crippen molar-refractivity contribution in [3.05, 3.63) is 70.3 Å². The lowest BCUT2D eigenvalue weighted by atomic mass is 10.0. The van der Waals surface area contributed by atoms with Gasteiger partial charge in [-0.1, -0.05) is 36.4 Å². The van der Waals surface area contributed by atoms with Gasteiger partial charge in [-0.15, -0.1) is 0 Å². The molecule has 0 spiro atoms. The number of hydrogen-bond acceptors (Lipinski definition) is 1. The fraction of sp³-hybridized carbons (Fsp3) is 0. The minimum Gasteiger partial charge on any atom is -0.456 e. The van der Waals surface area contributed by atoms with Crippen molar-refractivity contribution in [1.82, 2.24) is 0 Å². The van der Waals surface area contributed by atoms with E-state index in [4.69, 9.17) is 4.42 Å². The first-order valence-corrected chi connectivity index (χ1v) is 7.56. The van der Waals surface area contributed by atoms with Crippen LogP contribution in [0.1, 0.15) is 0 Å². The van der Waals surface area contributed by atoms with Gasteiger partial charge >= 0.3 is 0 Å². The summed E-state index contributed by atoms with van der Waals surface area (Å²) in [6.45, 7) is 0. The molecular weight excluding hydrogens is 359 g/mol. The Bertz CT molecular complexity index is 921. The molecule has 0 N–H and O–H groups in total. The van der Waals surface area contributed by atoms with Crippen molar-refractivity contribution < 1.29 is 4.42 Å². The van der Waals surface area contributed by atoms with Crippen molar-refractivity contribution in [2.75, 3.05) is 0 Å². The van der Waals surface area contributed by atoms with Gasteiger partial charge < -0.3 is 4.42 Å². The van der Waals surface area contributed by atoms with Gasteiger partial charge in [0.1, 0.15) is 11.2 Å². The van der Waals surface area contributed by atoms with Crippen molar-refractivity contribution in [3.63, 3.8) is 0 Å². The third-order valence-corrected chi connectivity index (χ3v) is 4.21. The van der Waals surface area contributed by atoms with Gasteiger partial charge in [0, 0.05) is 14.3 Å². The van der Waals surface area contributed by atoms with Crippen LogP contribution < -0.4 is 0 Å². The molecule has 0 aliphatic carbocycles. The molecule has 96 valence electrons. The monoisotopic (exact) mass is 370 g/mol. The van der Waals surface area contributed by atoms with Crippen LogP contribution in [0.2, 0.25) is 0 Å². The minimum atomic E-state index is 0.947. The van der Waals surface area contributed by atoms with Crippen LogP contribution in [0, 0.1) is 3.57 Å². The molecule has 0 aliphatic rings. The number of hydrogen-bond donors (Lipinski definition) is 0. The Morgan fingerprint density at radius 3 is 2.35 bits per heavy atom. The van der Waals surface area contributed by atoms with Crippen LogP contribution in [0.25, 0.3) is 33.1 Å². The fourth-order valence-electron chi connectivity index (χ4n) is 2.57. The summed E-state index contributed by atoms with van der Waals surface area (Å²) < 4.78 is 7.18. The molecule has 0 saturated heterocycles. The molecular formula is C18H11IO.